The van der Waals surface area contributed by atoms with E-state index in [0.717, 1.165) is 11.4 Å². The number of rotatable bonds is 5. The molecule has 0 saturated heterocycles. The summed E-state index contributed by atoms with van der Waals surface area (Å²) in [6, 6.07) is 10.5. The van der Waals surface area contributed by atoms with Gasteiger partial charge in [-0.3, -0.25) is 14.3 Å². The zero-order chi connectivity index (χ0) is 21.3. The molecule has 4 rings (SSSR count). The van der Waals surface area contributed by atoms with Gasteiger partial charge in [-0.25, -0.2) is 9.50 Å². The highest BCUT2D eigenvalue weighted by Gasteiger charge is 2.16. The molecule has 0 bridgehead atoms. The third-order valence-electron chi connectivity index (χ3n) is 4.65. The molecule has 152 valence electrons. The maximum atomic E-state index is 12.8. The maximum absolute atomic E-state index is 12.8. The van der Waals surface area contributed by atoms with Gasteiger partial charge in [-0.15, -0.1) is 0 Å². The van der Waals surface area contributed by atoms with E-state index in [4.69, 9.17) is 0 Å². The molecule has 3 aromatic heterocycles. The van der Waals surface area contributed by atoms with E-state index < -0.39 is 0 Å². The first-order valence-corrected chi connectivity index (χ1v) is 9.53. The van der Waals surface area contributed by atoms with Crippen LogP contribution in [0.25, 0.3) is 5.65 Å². The molecule has 0 aliphatic heterocycles. The van der Waals surface area contributed by atoms with Crippen LogP contribution in [0.15, 0.2) is 48.8 Å². The van der Waals surface area contributed by atoms with Crippen LogP contribution in [0, 0.1) is 13.8 Å². The van der Waals surface area contributed by atoms with Crippen LogP contribution in [0.2, 0.25) is 0 Å². The van der Waals surface area contributed by atoms with Gasteiger partial charge in [0.25, 0.3) is 11.8 Å². The number of benzene rings is 1. The van der Waals surface area contributed by atoms with Gasteiger partial charge in [0.15, 0.2) is 5.65 Å². The lowest BCUT2D eigenvalue weighted by molar-refractivity contribution is 0.101. The van der Waals surface area contributed by atoms with Gasteiger partial charge in [0, 0.05) is 35.5 Å². The Labute approximate surface area is 172 Å². The molecule has 0 spiro atoms. The average Bonchev–Trinajstić information content (AvgIpc) is 3.35. The van der Waals surface area contributed by atoms with Gasteiger partial charge in [-0.1, -0.05) is 6.07 Å². The second-order valence-corrected chi connectivity index (χ2v) is 6.85. The molecule has 2 N–H and O–H groups in total. The minimum absolute atomic E-state index is 0.268. The molecule has 0 unspecified atom stereocenters. The quantitative estimate of drug-likeness (QED) is 0.533. The molecular weight excluding hydrogens is 382 g/mol. The van der Waals surface area contributed by atoms with Crippen LogP contribution < -0.4 is 10.6 Å². The number of hydrogen-bond donors (Lipinski definition) is 2. The monoisotopic (exact) mass is 403 g/mol. The summed E-state index contributed by atoms with van der Waals surface area (Å²) in [6.07, 6.45) is 3.09. The molecule has 0 aliphatic rings. The Kier molecular flexibility index (Phi) is 5.01. The molecule has 4 aromatic rings. The van der Waals surface area contributed by atoms with Crippen LogP contribution in [0.1, 0.15) is 39.2 Å². The number of fused-ring (bicyclic) bond motifs is 1. The van der Waals surface area contributed by atoms with Gasteiger partial charge in [0.1, 0.15) is 11.3 Å². The van der Waals surface area contributed by atoms with Gasteiger partial charge in [-0.2, -0.15) is 10.2 Å². The molecule has 9 nitrogen and oxygen atoms in total. The molecule has 1 aromatic carbocycles. The first-order valence-electron chi connectivity index (χ1n) is 9.53. The summed E-state index contributed by atoms with van der Waals surface area (Å²) in [4.78, 5) is 29.8. The van der Waals surface area contributed by atoms with Gasteiger partial charge in [0.05, 0.1) is 6.20 Å². The minimum Gasteiger partial charge on any atom is -0.322 e. The molecule has 0 saturated carbocycles. The minimum atomic E-state index is -0.324. The number of anilines is 2. The van der Waals surface area contributed by atoms with Crippen molar-refractivity contribution in [2.24, 2.45) is 0 Å². The molecule has 9 heteroatoms. The first kappa shape index (κ1) is 19.3. The predicted octanol–water partition coefficient (Wildman–Crippen LogP) is 3.07. The summed E-state index contributed by atoms with van der Waals surface area (Å²) >= 11 is 0. The number of hydrogen-bond acceptors (Lipinski definition) is 5. The Hall–Kier alpha value is -4.01. The van der Waals surface area contributed by atoms with E-state index in [0.29, 0.717) is 34.8 Å². The molecule has 30 heavy (non-hydrogen) atoms. The summed E-state index contributed by atoms with van der Waals surface area (Å²) in [5.74, 6) is -0.592. The summed E-state index contributed by atoms with van der Waals surface area (Å²) in [5.41, 5.74) is 4.16. The molecule has 0 fully saturated rings. The van der Waals surface area contributed by atoms with E-state index in [1.54, 1.807) is 45.7 Å². The molecule has 2 amide bonds. The van der Waals surface area contributed by atoms with Crippen LogP contribution in [-0.4, -0.2) is 36.2 Å². The van der Waals surface area contributed by atoms with E-state index in [-0.39, 0.29) is 11.8 Å². The van der Waals surface area contributed by atoms with E-state index in [1.165, 1.54) is 6.20 Å². The topological polar surface area (TPSA) is 106 Å². The Morgan fingerprint density at radius 3 is 2.47 bits per heavy atom. The van der Waals surface area contributed by atoms with Crippen molar-refractivity contribution >= 4 is 28.8 Å². The fourth-order valence-corrected chi connectivity index (χ4v) is 3.28. The zero-order valence-electron chi connectivity index (χ0n) is 16.9. The van der Waals surface area contributed by atoms with Gasteiger partial charge < -0.3 is 10.6 Å². The number of carbonyl (C=O) groups is 2. The van der Waals surface area contributed by atoms with E-state index in [9.17, 15) is 9.59 Å². The average molecular weight is 403 g/mol. The summed E-state index contributed by atoms with van der Waals surface area (Å²) in [6.45, 7) is 6.29. The van der Waals surface area contributed by atoms with Crippen LogP contribution in [0.4, 0.5) is 11.4 Å². The Balaban J connectivity index is 1.54. The number of amides is 2. The lowest BCUT2D eigenvalue weighted by Gasteiger charge is -2.09. The normalized spacial score (nSPS) is 10.9. The van der Waals surface area contributed by atoms with Crippen molar-refractivity contribution in [3.8, 4) is 0 Å². The molecule has 0 atom stereocenters. The second-order valence-electron chi connectivity index (χ2n) is 6.85. The van der Waals surface area contributed by atoms with Crippen molar-refractivity contribution in [1.82, 2.24) is 24.4 Å². The second kappa shape index (κ2) is 7.78. The van der Waals surface area contributed by atoms with E-state index in [1.807, 2.05) is 26.8 Å². The smallest absolute Gasteiger partial charge is 0.273 e. The first-order chi connectivity index (χ1) is 14.5. The standard InChI is InChI=1S/C21H21N7O2/c1-4-27-18(8-9-22-27)21(30)26-16-7-5-6-15(11-16)25-20(29)17-12-23-28-14(3)10-13(2)24-19(17)28/h5-12H,4H2,1-3H3,(H,25,29)(H,26,30). The number of aryl methyl sites for hydroxylation is 3. The lowest BCUT2D eigenvalue weighted by atomic mass is 10.2. The zero-order valence-corrected chi connectivity index (χ0v) is 16.9. The molecule has 3 heterocycles. The van der Waals surface area contributed by atoms with Crippen molar-refractivity contribution in [2.75, 3.05) is 10.6 Å². The van der Waals surface area contributed by atoms with Crippen molar-refractivity contribution < 1.29 is 9.59 Å². The number of aromatic nitrogens is 5. The third-order valence-corrected chi connectivity index (χ3v) is 4.65. The number of carbonyl (C=O) groups excluding carboxylic acids is 2. The van der Waals surface area contributed by atoms with Crippen LogP contribution in [0.3, 0.4) is 0 Å². The molecule has 0 radical (unpaired) electrons. The predicted molar refractivity (Wildman–Crippen MR) is 113 cm³/mol. The SMILES string of the molecule is CCn1nccc1C(=O)Nc1cccc(NC(=O)c2cnn3c(C)cc(C)nc23)c1. The van der Waals surface area contributed by atoms with Crippen molar-refractivity contribution in [3.63, 3.8) is 0 Å². The van der Waals surface area contributed by atoms with Gasteiger partial charge in [-0.05, 0) is 51.1 Å². The number of nitrogens with one attached hydrogen (secondary N) is 2. The van der Waals surface area contributed by atoms with E-state index in [2.05, 4.69) is 25.8 Å². The fraction of sp³-hybridized carbons (Fsp3) is 0.190. The van der Waals surface area contributed by atoms with Crippen molar-refractivity contribution in [1.29, 1.82) is 0 Å². The fourth-order valence-electron chi connectivity index (χ4n) is 3.28. The summed E-state index contributed by atoms with van der Waals surface area (Å²) < 4.78 is 3.25. The Bertz CT molecular complexity index is 1260. The van der Waals surface area contributed by atoms with Crippen LogP contribution in [-0.2, 0) is 6.54 Å². The highest BCUT2D eigenvalue weighted by Crippen LogP contribution is 2.19. The number of nitrogens with zero attached hydrogens (tertiary/aromatic N) is 5. The third kappa shape index (κ3) is 3.64. The van der Waals surface area contributed by atoms with Crippen molar-refractivity contribution in [2.45, 2.75) is 27.3 Å². The van der Waals surface area contributed by atoms with Crippen LogP contribution >= 0.6 is 0 Å². The highest BCUT2D eigenvalue weighted by atomic mass is 16.2. The maximum Gasteiger partial charge on any atom is 0.273 e. The molecule has 0 aliphatic carbocycles. The van der Waals surface area contributed by atoms with Gasteiger partial charge in [0.2, 0.25) is 0 Å². The lowest BCUT2D eigenvalue weighted by Crippen LogP contribution is -2.17. The van der Waals surface area contributed by atoms with E-state index >= 15 is 0 Å². The Morgan fingerprint density at radius 2 is 1.73 bits per heavy atom. The van der Waals surface area contributed by atoms with Crippen molar-refractivity contribution in [3.05, 3.63) is 71.4 Å². The van der Waals surface area contributed by atoms with Gasteiger partial charge >= 0.3 is 0 Å². The summed E-state index contributed by atoms with van der Waals surface area (Å²) in [5, 5.41) is 14.0. The highest BCUT2D eigenvalue weighted by molar-refractivity contribution is 6.08. The largest absolute Gasteiger partial charge is 0.322 e. The van der Waals surface area contributed by atoms with Crippen LogP contribution in [0.5, 0.6) is 0 Å². The summed E-state index contributed by atoms with van der Waals surface area (Å²) in [7, 11) is 0. The molecular formula is C21H21N7O2. The Morgan fingerprint density at radius 1 is 1.00 bits per heavy atom.